The van der Waals surface area contributed by atoms with Crippen molar-refractivity contribution in [3.8, 4) is 28.7 Å². The van der Waals surface area contributed by atoms with Gasteiger partial charge in [0.05, 0.1) is 26.3 Å². The summed E-state index contributed by atoms with van der Waals surface area (Å²) in [4.78, 5) is 1.22. The number of quaternary nitrogens is 1. The summed E-state index contributed by atoms with van der Waals surface area (Å²) in [6, 6.07) is 9.43. The van der Waals surface area contributed by atoms with Gasteiger partial charge in [-0.2, -0.15) is 0 Å². The maximum atomic E-state index is 10.2. The molecule has 25 heavy (non-hydrogen) atoms. The second-order valence-electron chi connectivity index (χ2n) is 6.06. The van der Waals surface area contributed by atoms with E-state index in [9.17, 15) is 5.11 Å². The van der Waals surface area contributed by atoms with Crippen molar-refractivity contribution in [2.75, 3.05) is 27.6 Å². The van der Waals surface area contributed by atoms with Crippen molar-refractivity contribution in [1.82, 2.24) is 0 Å². The zero-order valence-corrected chi connectivity index (χ0v) is 14.8. The Kier molecular flexibility index (Phi) is 5.19. The molecule has 6 heteroatoms. The number of aromatic hydroxyl groups is 1. The number of phenolic OH excluding ortho intramolecular Hbond substituents is 1. The second kappa shape index (κ2) is 7.53. The van der Waals surface area contributed by atoms with Crippen LogP contribution in [0.25, 0.3) is 0 Å². The highest BCUT2D eigenvalue weighted by Gasteiger charge is 2.19. The zero-order valence-electron chi connectivity index (χ0n) is 14.8. The van der Waals surface area contributed by atoms with Gasteiger partial charge in [0.15, 0.2) is 23.0 Å². The molecule has 134 valence electrons. The summed E-state index contributed by atoms with van der Waals surface area (Å²) in [6.07, 6.45) is 0. The third-order valence-corrected chi connectivity index (χ3v) is 4.10. The Labute approximate surface area is 147 Å². The Balaban J connectivity index is 1.69. The molecule has 0 saturated heterocycles. The Morgan fingerprint density at radius 2 is 1.84 bits per heavy atom. The lowest BCUT2D eigenvalue weighted by Crippen LogP contribution is -3.06. The summed E-state index contributed by atoms with van der Waals surface area (Å²) in [5.41, 5.74) is 1.97. The lowest BCUT2D eigenvalue weighted by Gasteiger charge is -2.17. The van der Waals surface area contributed by atoms with Gasteiger partial charge in [-0.25, -0.2) is 0 Å². The maximum absolute atomic E-state index is 10.2. The van der Waals surface area contributed by atoms with Crippen molar-refractivity contribution < 1.29 is 29.0 Å². The van der Waals surface area contributed by atoms with Gasteiger partial charge in [0, 0.05) is 11.6 Å². The van der Waals surface area contributed by atoms with Crippen LogP contribution in [0.1, 0.15) is 18.1 Å². The molecule has 0 spiro atoms. The molecule has 0 amide bonds. The summed E-state index contributed by atoms with van der Waals surface area (Å²) in [5.74, 6) is 2.99. The minimum atomic E-state index is 0.201. The number of benzene rings is 2. The Morgan fingerprint density at radius 1 is 1.08 bits per heavy atom. The van der Waals surface area contributed by atoms with E-state index in [1.54, 1.807) is 13.2 Å². The second-order valence-corrected chi connectivity index (χ2v) is 6.06. The van der Waals surface area contributed by atoms with Gasteiger partial charge in [-0.05, 0) is 31.2 Å². The van der Waals surface area contributed by atoms with Crippen LogP contribution in [0.3, 0.4) is 0 Å². The van der Waals surface area contributed by atoms with Crippen LogP contribution < -0.4 is 23.8 Å². The molecule has 2 aromatic rings. The third kappa shape index (κ3) is 3.91. The van der Waals surface area contributed by atoms with Gasteiger partial charge in [-0.3, -0.25) is 0 Å². The Hall–Kier alpha value is -2.60. The quantitative estimate of drug-likeness (QED) is 0.800. The summed E-state index contributed by atoms with van der Waals surface area (Å²) in [6.45, 7) is 4.20. The molecular weight excluding hydrogens is 322 g/mol. The first-order chi connectivity index (χ1) is 12.1. The predicted molar refractivity (Wildman–Crippen MR) is 92.7 cm³/mol. The molecule has 1 unspecified atom stereocenters. The zero-order chi connectivity index (χ0) is 17.8. The average Bonchev–Trinajstić information content (AvgIpc) is 3.03. The number of phenols is 1. The lowest BCUT2D eigenvalue weighted by molar-refractivity contribution is -0.907. The number of hydrogen-bond acceptors (Lipinski definition) is 5. The van der Waals surface area contributed by atoms with Gasteiger partial charge >= 0.3 is 0 Å². The van der Waals surface area contributed by atoms with Gasteiger partial charge in [0.25, 0.3) is 0 Å². The van der Waals surface area contributed by atoms with E-state index in [-0.39, 0.29) is 12.5 Å². The van der Waals surface area contributed by atoms with Crippen molar-refractivity contribution in [2.45, 2.75) is 20.0 Å². The van der Waals surface area contributed by atoms with Gasteiger partial charge in [-0.15, -0.1) is 0 Å². The molecule has 0 saturated carbocycles. The van der Waals surface area contributed by atoms with Crippen LogP contribution in [-0.2, 0) is 13.1 Å². The number of rotatable bonds is 7. The van der Waals surface area contributed by atoms with E-state index in [2.05, 4.69) is 7.05 Å². The number of fused-ring (bicyclic) bond motifs is 1. The molecular formula is C19H24NO5+. The monoisotopic (exact) mass is 346 g/mol. The fourth-order valence-electron chi connectivity index (χ4n) is 2.95. The number of nitrogens with one attached hydrogen (secondary N) is 1. The normalized spacial score (nSPS) is 13.6. The minimum Gasteiger partial charge on any atom is -0.507 e. The summed E-state index contributed by atoms with van der Waals surface area (Å²) < 4.78 is 21.6. The van der Waals surface area contributed by atoms with Crippen LogP contribution in [0, 0.1) is 0 Å². The summed E-state index contributed by atoms with van der Waals surface area (Å²) in [5, 5.41) is 10.2. The van der Waals surface area contributed by atoms with Crippen molar-refractivity contribution in [2.24, 2.45) is 0 Å². The van der Waals surface area contributed by atoms with E-state index >= 15 is 0 Å². The van der Waals surface area contributed by atoms with Crippen LogP contribution >= 0.6 is 0 Å². The van der Waals surface area contributed by atoms with Gasteiger partial charge in [0.2, 0.25) is 6.79 Å². The van der Waals surface area contributed by atoms with Crippen molar-refractivity contribution >= 4 is 0 Å². The number of hydrogen-bond donors (Lipinski definition) is 2. The topological polar surface area (TPSA) is 61.6 Å². The molecule has 1 aliphatic heterocycles. The standard InChI is InChI=1S/C19H23NO5/c1-4-23-16-6-5-13(7-17(16)22-3)10-20(2)11-14-8-18-19(9-15(14)21)25-12-24-18/h5-9,21H,4,10-12H2,1-3H3/p+1. The maximum Gasteiger partial charge on any atom is 0.231 e. The highest BCUT2D eigenvalue weighted by atomic mass is 16.7. The Morgan fingerprint density at radius 3 is 2.56 bits per heavy atom. The largest absolute Gasteiger partial charge is 0.507 e. The van der Waals surface area contributed by atoms with Crippen molar-refractivity contribution in [1.29, 1.82) is 0 Å². The molecule has 1 heterocycles. The molecule has 2 aromatic carbocycles. The molecule has 1 atom stereocenters. The molecule has 0 radical (unpaired) electrons. The molecule has 0 aliphatic carbocycles. The van der Waals surface area contributed by atoms with E-state index in [1.165, 1.54) is 4.90 Å². The van der Waals surface area contributed by atoms with Crippen molar-refractivity contribution in [3.63, 3.8) is 0 Å². The van der Waals surface area contributed by atoms with E-state index < -0.39 is 0 Å². The summed E-state index contributed by atoms with van der Waals surface area (Å²) in [7, 11) is 3.72. The van der Waals surface area contributed by atoms with E-state index in [0.29, 0.717) is 24.7 Å². The lowest BCUT2D eigenvalue weighted by atomic mass is 10.1. The molecule has 2 N–H and O–H groups in total. The first-order valence-electron chi connectivity index (χ1n) is 8.33. The van der Waals surface area contributed by atoms with E-state index in [4.69, 9.17) is 18.9 Å². The van der Waals surface area contributed by atoms with Gasteiger partial charge < -0.3 is 29.0 Å². The first-order valence-corrected chi connectivity index (χ1v) is 8.33. The average molecular weight is 346 g/mol. The summed E-state index contributed by atoms with van der Waals surface area (Å²) >= 11 is 0. The van der Waals surface area contributed by atoms with E-state index in [0.717, 1.165) is 29.2 Å². The van der Waals surface area contributed by atoms with Crippen LogP contribution in [0.5, 0.6) is 28.7 Å². The fraction of sp³-hybridized carbons (Fsp3) is 0.368. The third-order valence-electron chi connectivity index (χ3n) is 4.10. The first kappa shape index (κ1) is 17.2. The molecule has 1 aliphatic rings. The van der Waals surface area contributed by atoms with Crippen molar-refractivity contribution in [3.05, 3.63) is 41.5 Å². The van der Waals surface area contributed by atoms with Crippen LogP contribution in [0.2, 0.25) is 0 Å². The number of ether oxygens (including phenoxy) is 4. The SMILES string of the molecule is CCOc1ccc(C[NH+](C)Cc2cc3c(cc2O)OCO3)cc1OC. The van der Waals surface area contributed by atoms with Gasteiger partial charge in [0.1, 0.15) is 18.8 Å². The van der Waals surface area contributed by atoms with Crippen LogP contribution in [0.15, 0.2) is 30.3 Å². The predicted octanol–water partition coefficient (Wildman–Crippen LogP) is 1.74. The smallest absolute Gasteiger partial charge is 0.231 e. The molecule has 3 rings (SSSR count). The Bertz CT molecular complexity index is 747. The minimum absolute atomic E-state index is 0.201. The van der Waals surface area contributed by atoms with Crippen LogP contribution in [-0.4, -0.2) is 32.7 Å². The highest BCUT2D eigenvalue weighted by Crippen LogP contribution is 2.37. The number of methoxy groups -OCH3 is 1. The molecule has 6 nitrogen and oxygen atoms in total. The highest BCUT2D eigenvalue weighted by molar-refractivity contribution is 5.51. The molecule has 0 fully saturated rings. The molecule has 0 bridgehead atoms. The van der Waals surface area contributed by atoms with E-state index in [1.807, 2.05) is 31.2 Å². The van der Waals surface area contributed by atoms with Crippen LogP contribution in [0.4, 0.5) is 0 Å². The molecule has 0 aromatic heterocycles. The fourth-order valence-corrected chi connectivity index (χ4v) is 2.95. The van der Waals surface area contributed by atoms with Gasteiger partial charge in [-0.1, -0.05) is 0 Å².